The first-order valence-electron chi connectivity index (χ1n) is 6.20. The van der Waals surface area contributed by atoms with E-state index in [0.29, 0.717) is 7.62 Å². The van der Waals surface area contributed by atoms with E-state index in [-0.39, 0.29) is 12.2 Å². The lowest BCUT2D eigenvalue weighted by molar-refractivity contribution is 0.191. The smallest absolute Gasteiger partial charge is 0.361 e. The fraction of sp³-hybridized carbons (Fsp3) is 0.538. The Morgan fingerprint density at radius 2 is 2.06 bits per heavy atom. The summed E-state index contributed by atoms with van der Waals surface area (Å²) in [6, 6.07) is 8.51. The second kappa shape index (κ2) is 7.48. The topological polar surface area (TPSA) is 41.5 Å². The standard InChI is InChI=1S/C9H12BNO.C4H10O/c1-7-2-4-8(5-3-7)9-6-11-10-12-9;1-3-4(2)5/h2-5,9-11H,6H2,1H3;4-5H,3H2,1-2H3. The van der Waals surface area contributed by atoms with Gasteiger partial charge in [-0.25, -0.2) is 0 Å². The SMILES string of the molecule is CCC(C)O.Cc1ccc(C2CNBO2)cc1. The Kier molecular flexibility index (Phi) is 6.26. The summed E-state index contributed by atoms with van der Waals surface area (Å²) in [6.45, 7) is 6.76. The summed E-state index contributed by atoms with van der Waals surface area (Å²) in [6.07, 6.45) is 1.00. The van der Waals surface area contributed by atoms with Crippen LogP contribution >= 0.6 is 0 Å². The maximum absolute atomic E-state index is 8.36. The zero-order valence-electron chi connectivity index (χ0n) is 10.9. The molecule has 1 aliphatic rings. The third kappa shape index (κ3) is 5.35. The second-order valence-corrected chi connectivity index (χ2v) is 4.42. The van der Waals surface area contributed by atoms with Crippen molar-refractivity contribution < 1.29 is 9.76 Å². The molecule has 94 valence electrons. The van der Waals surface area contributed by atoms with Crippen LogP contribution in [0.15, 0.2) is 24.3 Å². The molecular formula is C13H22BNO2. The van der Waals surface area contributed by atoms with Crippen LogP contribution in [0.3, 0.4) is 0 Å². The van der Waals surface area contributed by atoms with Gasteiger partial charge in [0, 0.05) is 6.54 Å². The van der Waals surface area contributed by atoms with Crippen LogP contribution in [0.2, 0.25) is 0 Å². The van der Waals surface area contributed by atoms with E-state index in [1.165, 1.54) is 11.1 Å². The fourth-order valence-corrected chi connectivity index (χ4v) is 1.40. The largest absolute Gasteiger partial charge is 0.416 e. The number of nitrogens with one attached hydrogen (secondary N) is 1. The Bertz CT molecular complexity index is 308. The molecule has 0 saturated carbocycles. The zero-order chi connectivity index (χ0) is 12.7. The van der Waals surface area contributed by atoms with Gasteiger partial charge >= 0.3 is 7.62 Å². The van der Waals surface area contributed by atoms with E-state index in [9.17, 15) is 0 Å². The Balaban J connectivity index is 0.000000249. The van der Waals surface area contributed by atoms with Gasteiger partial charge in [0.1, 0.15) is 0 Å². The Labute approximate surface area is 104 Å². The van der Waals surface area contributed by atoms with Gasteiger partial charge in [-0.2, -0.15) is 0 Å². The molecule has 3 nitrogen and oxygen atoms in total. The first kappa shape index (κ1) is 14.2. The normalized spacial score (nSPS) is 20.1. The van der Waals surface area contributed by atoms with Crippen LogP contribution in [0.4, 0.5) is 0 Å². The molecule has 0 aliphatic carbocycles. The van der Waals surface area contributed by atoms with Crippen molar-refractivity contribution >= 4 is 7.62 Å². The minimum atomic E-state index is -0.116. The van der Waals surface area contributed by atoms with Gasteiger partial charge in [-0.1, -0.05) is 36.8 Å². The molecule has 1 heterocycles. The van der Waals surface area contributed by atoms with E-state index in [1.54, 1.807) is 6.92 Å². The molecule has 2 atom stereocenters. The van der Waals surface area contributed by atoms with Crippen molar-refractivity contribution in [1.82, 2.24) is 5.23 Å². The maximum atomic E-state index is 8.36. The van der Waals surface area contributed by atoms with E-state index in [4.69, 9.17) is 9.76 Å². The number of hydrogen-bond donors (Lipinski definition) is 2. The number of aliphatic hydroxyl groups excluding tert-OH is 1. The third-order valence-electron chi connectivity index (χ3n) is 2.76. The molecule has 1 saturated heterocycles. The van der Waals surface area contributed by atoms with Crippen molar-refractivity contribution in [2.24, 2.45) is 0 Å². The van der Waals surface area contributed by atoms with E-state index in [0.717, 1.165) is 13.0 Å². The van der Waals surface area contributed by atoms with Crippen LogP contribution in [0.25, 0.3) is 0 Å². The van der Waals surface area contributed by atoms with Crippen LogP contribution in [-0.2, 0) is 4.65 Å². The summed E-state index contributed by atoms with van der Waals surface area (Å²) in [7, 11) is 0.679. The minimum Gasteiger partial charge on any atom is -0.416 e. The molecule has 17 heavy (non-hydrogen) atoms. The number of hydrogen-bond acceptors (Lipinski definition) is 3. The van der Waals surface area contributed by atoms with Gasteiger partial charge in [0.25, 0.3) is 0 Å². The number of benzene rings is 1. The van der Waals surface area contributed by atoms with Gasteiger partial charge in [0.15, 0.2) is 0 Å². The molecule has 0 amide bonds. The summed E-state index contributed by atoms with van der Waals surface area (Å²) in [5.41, 5.74) is 2.57. The number of rotatable bonds is 2. The van der Waals surface area contributed by atoms with Crippen LogP contribution < -0.4 is 5.23 Å². The average Bonchev–Trinajstić information content (AvgIpc) is 2.84. The Morgan fingerprint density at radius 3 is 2.47 bits per heavy atom. The van der Waals surface area contributed by atoms with Gasteiger partial charge in [-0.15, -0.1) is 0 Å². The van der Waals surface area contributed by atoms with Gasteiger partial charge in [-0.3, -0.25) is 0 Å². The van der Waals surface area contributed by atoms with Crippen molar-refractivity contribution in [2.45, 2.75) is 39.4 Å². The third-order valence-corrected chi connectivity index (χ3v) is 2.76. The lowest BCUT2D eigenvalue weighted by Crippen LogP contribution is -2.10. The van der Waals surface area contributed by atoms with Crippen LogP contribution in [-0.4, -0.2) is 25.4 Å². The predicted octanol–water partition coefficient (Wildman–Crippen LogP) is 1.70. The van der Waals surface area contributed by atoms with E-state index in [2.05, 4.69) is 36.4 Å². The Morgan fingerprint density at radius 1 is 1.47 bits per heavy atom. The minimum absolute atomic E-state index is 0.116. The summed E-state index contributed by atoms with van der Waals surface area (Å²) >= 11 is 0. The van der Waals surface area contributed by atoms with Gasteiger partial charge in [0.05, 0.1) is 12.2 Å². The molecule has 2 unspecified atom stereocenters. The molecule has 1 aliphatic heterocycles. The molecule has 1 fully saturated rings. The predicted molar refractivity (Wildman–Crippen MR) is 72.1 cm³/mol. The highest BCUT2D eigenvalue weighted by molar-refractivity contribution is 6.24. The highest BCUT2D eigenvalue weighted by atomic mass is 16.5. The molecule has 1 aromatic rings. The summed E-state index contributed by atoms with van der Waals surface area (Å²) < 4.78 is 5.47. The number of aliphatic hydroxyl groups is 1. The van der Waals surface area contributed by atoms with Crippen molar-refractivity contribution in [3.8, 4) is 0 Å². The van der Waals surface area contributed by atoms with Crippen molar-refractivity contribution in [1.29, 1.82) is 0 Å². The van der Waals surface area contributed by atoms with E-state index >= 15 is 0 Å². The molecule has 4 heteroatoms. The highest BCUT2D eigenvalue weighted by Gasteiger charge is 2.17. The zero-order valence-corrected chi connectivity index (χ0v) is 10.9. The molecule has 0 aromatic heterocycles. The molecular weight excluding hydrogens is 213 g/mol. The summed E-state index contributed by atoms with van der Waals surface area (Å²) in [5, 5.41) is 11.5. The van der Waals surface area contributed by atoms with Crippen molar-refractivity contribution in [3.05, 3.63) is 35.4 Å². The van der Waals surface area contributed by atoms with E-state index in [1.807, 2.05) is 6.92 Å². The average molecular weight is 235 g/mol. The van der Waals surface area contributed by atoms with E-state index < -0.39 is 0 Å². The molecule has 1 aromatic carbocycles. The highest BCUT2D eigenvalue weighted by Crippen LogP contribution is 2.18. The van der Waals surface area contributed by atoms with Crippen molar-refractivity contribution in [3.63, 3.8) is 0 Å². The monoisotopic (exact) mass is 235 g/mol. The maximum Gasteiger partial charge on any atom is 0.361 e. The molecule has 2 rings (SSSR count). The van der Waals surface area contributed by atoms with Gasteiger partial charge < -0.3 is 15.0 Å². The van der Waals surface area contributed by atoms with Crippen LogP contribution in [0.5, 0.6) is 0 Å². The van der Waals surface area contributed by atoms with Gasteiger partial charge in [0.2, 0.25) is 0 Å². The lowest BCUT2D eigenvalue weighted by atomic mass is 10.1. The first-order valence-corrected chi connectivity index (χ1v) is 6.20. The molecule has 0 spiro atoms. The molecule has 0 bridgehead atoms. The Hall–Kier alpha value is -0.835. The molecule has 0 radical (unpaired) electrons. The van der Waals surface area contributed by atoms with Crippen LogP contribution in [0, 0.1) is 6.92 Å². The molecule has 2 N–H and O–H groups in total. The van der Waals surface area contributed by atoms with Crippen LogP contribution in [0.1, 0.15) is 37.5 Å². The van der Waals surface area contributed by atoms with Gasteiger partial charge in [-0.05, 0) is 25.8 Å². The number of aryl methyl sites for hydroxylation is 1. The lowest BCUT2D eigenvalue weighted by Gasteiger charge is -2.09. The van der Waals surface area contributed by atoms with Crippen molar-refractivity contribution in [2.75, 3.05) is 6.54 Å². The summed E-state index contributed by atoms with van der Waals surface area (Å²) in [4.78, 5) is 0. The second-order valence-electron chi connectivity index (χ2n) is 4.42. The first-order chi connectivity index (χ1) is 8.13. The fourth-order valence-electron chi connectivity index (χ4n) is 1.40. The summed E-state index contributed by atoms with van der Waals surface area (Å²) in [5.74, 6) is 0. The quantitative estimate of drug-likeness (QED) is 0.766.